The van der Waals surface area contributed by atoms with Gasteiger partial charge in [0.2, 0.25) is 0 Å². The molecule has 0 amide bonds. The first-order chi connectivity index (χ1) is 18.2. The number of nitrogen functional groups attached to an aromatic ring is 2. The molecule has 0 unspecified atom stereocenters. The van der Waals surface area contributed by atoms with Gasteiger partial charge >= 0.3 is 11.9 Å². The van der Waals surface area contributed by atoms with Gasteiger partial charge in [0.25, 0.3) is 5.79 Å². The molecule has 0 atom stereocenters. The van der Waals surface area contributed by atoms with Crippen LogP contribution in [0.4, 0.5) is 11.4 Å². The van der Waals surface area contributed by atoms with Crippen LogP contribution in [-0.2, 0) is 21.9 Å². The molecule has 0 spiro atoms. The zero-order chi connectivity index (χ0) is 27.9. The van der Waals surface area contributed by atoms with Crippen LogP contribution in [0.5, 0.6) is 5.75 Å². The van der Waals surface area contributed by atoms with Crippen LogP contribution in [0.25, 0.3) is 0 Å². The summed E-state index contributed by atoms with van der Waals surface area (Å²) >= 11 is 0. The molecule has 3 aromatic rings. The number of ether oxygens (including phenoxy) is 2. The number of nitrogens with two attached hydrogens (primary N) is 2. The molecule has 202 valence electrons. The molecule has 10 nitrogen and oxygen atoms in total. The van der Waals surface area contributed by atoms with Gasteiger partial charge in [0, 0.05) is 36.1 Å². The minimum Gasteiger partial charge on any atom is -0.505 e. The van der Waals surface area contributed by atoms with Gasteiger partial charge in [-0.25, -0.2) is 9.59 Å². The van der Waals surface area contributed by atoms with E-state index in [0.717, 1.165) is 0 Å². The molecular formula is C28H34N4O6. The van der Waals surface area contributed by atoms with Gasteiger partial charge in [-0.05, 0) is 44.3 Å². The summed E-state index contributed by atoms with van der Waals surface area (Å²) in [5, 5.41) is 21.4. The van der Waals surface area contributed by atoms with Gasteiger partial charge in [0.1, 0.15) is 5.75 Å². The van der Waals surface area contributed by atoms with Crippen LogP contribution >= 0.6 is 0 Å². The van der Waals surface area contributed by atoms with Gasteiger partial charge in [0.15, 0.2) is 0 Å². The van der Waals surface area contributed by atoms with E-state index in [-0.39, 0.29) is 51.5 Å². The van der Waals surface area contributed by atoms with Crippen molar-refractivity contribution in [3.63, 3.8) is 0 Å². The van der Waals surface area contributed by atoms with Crippen molar-refractivity contribution >= 4 is 23.3 Å². The Kier molecular flexibility index (Phi) is 9.27. The number of rotatable bonds is 11. The fourth-order valence-corrected chi connectivity index (χ4v) is 4.15. The van der Waals surface area contributed by atoms with Crippen LogP contribution in [0, 0.1) is 6.92 Å². The molecule has 10 heteroatoms. The number of hydrogen-bond donors (Lipinski definition) is 4. The lowest BCUT2D eigenvalue weighted by atomic mass is 9.95. The molecule has 0 saturated carbocycles. The lowest BCUT2D eigenvalue weighted by Gasteiger charge is -2.36. The number of hydrogen-bond acceptors (Lipinski definition) is 10. The number of pyridine rings is 1. The third kappa shape index (κ3) is 6.04. The van der Waals surface area contributed by atoms with Crippen LogP contribution in [0.15, 0.2) is 54.7 Å². The summed E-state index contributed by atoms with van der Waals surface area (Å²) in [4.78, 5) is 33.2. The largest absolute Gasteiger partial charge is 0.505 e. The van der Waals surface area contributed by atoms with Crippen molar-refractivity contribution in [3.05, 3.63) is 82.7 Å². The number of anilines is 2. The van der Waals surface area contributed by atoms with Crippen molar-refractivity contribution in [1.82, 2.24) is 9.88 Å². The fourth-order valence-electron chi connectivity index (χ4n) is 4.15. The standard InChI is InChI=1S/C28H34N4O6/c1-4-32(5-2)15-14-28(24-19(17-33)16-31-18(3)25(24)34,37-26(35)20-10-6-8-12-22(20)29)38-27(36)21-11-7-9-13-23(21)30/h6-13,16,33-34H,4-5,14-15,17,29-30H2,1-3H3. The summed E-state index contributed by atoms with van der Waals surface area (Å²) in [6.45, 7) is 6.55. The Labute approximate surface area is 221 Å². The molecule has 3 rings (SSSR count). The molecule has 0 aliphatic rings. The van der Waals surface area contributed by atoms with Crippen LogP contribution in [0.3, 0.4) is 0 Å². The van der Waals surface area contributed by atoms with Gasteiger partial charge in [-0.15, -0.1) is 0 Å². The number of benzene rings is 2. The molecule has 0 fully saturated rings. The van der Waals surface area contributed by atoms with Gasteiger partial charge in [-0.3, -0.25) is 4.98 Å². The zero-order valence-corrected chi connectivity index (χ0v) is 21.8. The van der Waals surface area contributed by atoms with Gasteiger partial charge in [-0.2, -0.15) is 0 Å². The average Bonchev–Trinajstić information content (AvgIpc) is 2.90. The van der Waals surface area contributed by atoms with E-state index >= 15 is 0 Å². The number of para-hydroxylation sites is 2. The van der Waals surface area contributed by atoms with E-state index in [9.17, 15) is 19.8 Å². The molecule has 6 N–H and O–H groups in total. The Balaban J connectivity index is 2.25. The summed E-state index contributed by atoms with van der Waals surface area (Å²) < 4.78 is 12.0. The first-order valence-electron chi connectivity index (χ1n) is 12.3. The molecule has 2 aromatic carbocycles. The Bertz CT molecular complexity index is 1230. The number of aliphatic hydroxyl groups is 1. The van der Waals surface area contributed by atoms with Crippen LogP contribution in [-0.4, -0.2) is 51.7 Å². The second kappa shape index (κ2) is 12.4. The van der Waals surface area contributed by atoms with Crippen molar-refractivity contribution in [1.29, 1.82) is 0 Å². The molecule has 0 aliphatic heterocycles. The first kappa shape index (κ1) is 28.4. The van der Waals surface area contributed by atoms with Crippen molar-refractivity contribution in [2.45, 2.75) is 39.6 Å². The third-order valence-corrected chi connectivity index (χ3v) is 6.39. The number of aliphatic hydroxyl groups excluding tert-OH is 1. The predicted octanol–water partition coefficient (Wildman–Crippen LogP) is 3.35. The normalized spacial score (nSPS) is 11.4. The Hall–Kier alpha value is -4.15. The molecule has 0 bridgehead atoms. The van der Waals surface area contributed by atoms with E-state index in [4.69, 9.17) is 20.9 Å². The van der Waals surface area contributed by atoms with Crippen molar-refractivity contribution in [2.75, 3.05) is 31.1 Å². The number of carbonyl (C=O) groups excluding carboxylic acids is 2. The quantitative estimate of drug-likeness (QED) is 0.167. The highest BCUT2D eigenvalue weighted by atomic mass is 16.7. The lowest BCUT2D eigenvalue weighted by Crippen LogP contribution is -2.42. The van der Waals surface area contributed by atoms with Crippen molar-refractivity contribution in [3.8, 4) is 5.75 Å². The maximum Gasteiger partial charge on any atom is 0.343 e. The van der Waals surface area contributed by atoms with Gasteiger partial charge < -0.3 is 36.1 Å². The van der Waals surface area contributed by atoms with Gasteiger partial charge in [-0.1, -0.05) is 38.1 Å². The minimum atomic E-state index is -2.17. The highest BCUT2D eigenvalue weighted by Crippen LogP contribution is 2.42. The number of esters is 2. The van der Waals surface area contributed by atoms with E-state index in [1.165, 1.54) is 30.5 Å². The van der Waals surface area contributed by atoms with E-state index in [0.29, 0.717) is 19.6 Å². The number of aryl methyl sites for hydroxylation is 1. The molecule has 1 heterocycles. The fraction of sp³-hybridized carbons (Fsp3) is 0.321. The van der Waals surface area contributed by atoms with Crippen LogP contribution in [0.1, 0.15) is 57.8 Å². The molecule has 0 saturated heterocycles. The maximum atomic E-state index is 13.5. The third-order valence-electron chi connectivity index (χ3n) is 6.39. The Morgan fingerprint density at radius 2 is 1.45 bits per heavy atom. The highest BCUT2D eigenvalue weighted by Gasteiger charge is 2.46. The molecule has 0 aliphatic carbocycles. The molecule has 38 heavy (non-hydrogen) atoms. The van der Waals surface area contributed by atoms with E-state index in [1.54, 1.807) is 31.2 Å². The summed E-state index contributed by atoms with van der Waals surface area (Å²) in [5.41, 5.74) is 12.7. The Morgan fingerprint density at radius 3 is 1.89 bits per heavy atom. The predicted molar refractivity (Wildman–Crippen MR) is 143 cm³/mol. The van der Waals surface area contributed by atoms with Crippen LogP contribution < -0.4 is 11.5 Å². The van der Waals surface area contributed by atoms with Gasteiger partial charge in [0.05, 0.1) is 29.0 Å². The highest BCUT2D eigenvalue weighted by molar-refractivity contribution is 5.97. The molecule has 1 aromatic heterocycles. The topological polar surface area (TPSA) is 161 Å². The van der Waals surface area contributed by atoms with Crippen molar-refractivity contribution < 1.29 is 29.3 Å². The number of carbonyl (C=O) groups is 2. The van der Waals surface area contributed by atoms with Crippen LogP contribution in [0.2, 0.25) is 0 Å². The van der Waals surface area contributed by atoms with E-state index in [2.05, 4.69) is 4.98 Å². The van der Waals surface area contributed by atoms with E-state index < -0.39 is 24.3 Å². The summed E-state index contributed by atoms with van der Waals surface area (Å²) in [5.74, 6) is -4.31. The minimum absolute atomic E-state index is 0.0470. The molecule has 0 radical (unpaired) electrons. The summed E-state index contributed by atoms with van der Waals surface area (Å²) in [7, 11) is 0. The maximum absolute atomic E-state index is 13.5. The average molecular weight is 523 g/mol. The zero-order valence-electron chi connectivity index (χ0n) is 21.8. The summed E-state index contributed by atoms with van der Waals surface area (Å²) in [6, 6.07) is 12.6. The lowest BCUT2D eigenvalue weighted by molar-refractivity contribution is -0.185. The molecular weight excluding hydrogens is 488 g/mol. The number of aromatic nitrogens is 1. The number of aromatic hydroxyl groups is 1. The van der Waals surface area contributed by atoms with E-state index in [1.807, 2.05) is 18.7 Å². The first-order valence-corrected chi connectivity index (χ1v) is 12.3. The Morgan fingerprint density at radius 1 is 0.947 bits per heavy atom. The van der Waals surface area contributed by atoms with Crippen molar-refractivity contribution in [2.24, 2.45) is 0 Å². The second-order valence-electron chi connectivity index (χ2n) is 8.73. The number of nitrogens with zero attached hydrogens (tertiary/aromatic N) is 2. The smallest absolute Gasteiger partial charge is 0.343 e. The SMILES string of the molecule is CCN(CC)CCC(OC(=O)c1ccccc1N)(OC(=O)c1ccccc1N)c1c(CO)cnc(C)c1O. The monoisotopic (exact) mass is 522 g/mol. The second-order valence-corrected chi connectivity index (χ2v) is 8.73. The summed E-state index contributed by atoms with van der Waals surface area (Å²) in [6.07, 6.45) is 1.27.